The summed E-state index contributed by atoms with van der Waals surface area (Å²) in [6, 6.07) is 12.3. The van der Waals surface area contributed by atoms with E-state index >= 15 is 0 Å². The number of likely N-dealkylation sites (tertiary alicyclic amines) is 1. The first-order chi connectivity index (χ1) is 15.8. The molecule has 1 aliphatic rings. The Kier molecular flexibility index (Phi) is 8.51. The molecule has 0 radical (unpaired) electrons. The van der Waals surface area contributed by atoms with Gasteiger partial charge in [-0.15, -0.1) is 0 Å². The van der Waals surface area contributed by atoms with Gasteiger partial charge in [-0.1, -0.05) is 32.9 Å². The largest absolute Gasteiger partial charge is 0.495 e. The van der Waals surface area contributed by atoms with E-state index < -0.39 is 10.0 Å². The summed E-state index contributed by atoms with van der Waals surface area (Å²) in [5.41, 5.74) is 2.13. The zero-order valence-corrected chi connectivity index (χ0v) is 20.8. The third-order valence-corrected chi connectivity index (χ3v) is 8.18. The van der Waals surface area contributed by atoms with Crippen LogP contribution >= 0.6 is 0 Å². The highest BCUT2D eigenvalue weighted by atomic mass is 32.2. The molecule has 8 heteroatoms. The molecule has 1 heterocycles. The molecule has 0 saturated carbocycles. The van der Waals surface area contributed by atoms with Crippen LogP contribution in [0.25, 0.3) is 0 Å². The Morgan fingerprint density at radius 3 is 2.45 bits per heavy atom. The topological polar surface area (TPSA) is 79.0 Å². The lowest BCUT2D eigenvalue weighted by atomic mass is 10.00. The molecule has 1 amide bonds. The summed E-state index contributed by atoms with van der Waals surface area (Å²) in [6.45, 7) is 9.67. The van der Waals surface area contributed by atoms with Gasteiger partial charge in [0.15, 0.2) is 0 Å². The van der Waals surface area contributed by atoms with E-state index in [1.807, 2.05) is 24.3 Å². The van der Waals surface area contributed by atoms with E-state index in [1.54, 1.807) is 19.9 Å². The van der Waals surface area contributed by atoms with Crippen molar-refractivity contribution in [2.24, 2.45) is 5.92 Å². The van der Waals surface area contributed by atoms with Gasteiger partial charge in [0.25, 0.3) is 5.91 Å². The fraction of sp³-hybridized carbons (Fsp3) is 0.480. The molecule has 0 bridgehead atoms. The van der Waals surface area contributed by atoms with Gasteiger partial charge in [0.2, 0.25) is 10.0 Å². The van der Waals surface area contributed by atoms with Crippen LogP contribution in [0.5, 0.6) is 5.75 Å². The van der Waals surface area contributed by atoms with E-state index in [0.29, 0.717) is 18.8 Å². The van der Waals surface area contributed by atoms with Crippen LogP contribution in [0, 0.1) is 5.92 Å². The Hall–Kier alpha value is -2.42. The first-order valence-electron chi connectivity index (χ1n) is 11.6. The minimum absolute atomic E-state index is 0.00698. The summed E-state index contributed by atoms with van der Waals surface area (Å²) >= 11 is 0. The number of hydrogen-bond acceptors (Lipinski definition) is 5. The first kappa shape index (κ1) is 25.2. The van der Waals surface area contributed by atoms with Crippen LogP contribution in [0.15, 0.2) is 47.4 Å². The maximum absolute atomic E-state index is 13.0. The Labute approximate surface area is 197 Å². The lowest BCUT2D eigenvalue weighted by Gasteiger charge is -2.30. The lowest BCUT2D eigenvalue weighted by molar-refractivity contribution is 0.102. The molecule has 0 aliphatic carbocycles. The van der Waals surface area contributed by atoms with E-state index in [0.717, 1.165) is 25.6 Å². The Morgan fingerprint density at radius 2 is 1.85 bits per heavy atom. The summed E-state index contributed by atoms with van der Waals surface area (Å²) in [7, 11) is -2.35. The lowest BCUT2D eigenvalue weighted by Crippen LogP contribution is -2.33. The van der Waals surface area contributed by atoms with Crippen LogP contribution < -0.4 is 10.1 Å². The van der Waals surface area contributed by atoms with Gasteiger partial charge in [0.1, 0.15) is 10.6 Å². The molecular formula is C25H35N3O4S. The summed E-state index contributed by atoms with van der Waals surface area (Å²) in [5, 5.41) is 2.87. The van der Waals surface area contributed by atoms with Crippen LogP contribution in [0.4, 0.5) is 5.69 Å². The number of nitrogens with zero attached hydrogens (tertiary/aromatic N) is 2. The van der Waals surface area contributed by atoms with Crippen LogP contribution in [0.1, 0.15) is 49.5 Å². The highest BCUT2D eigenvalue weighted by molar-refractivity contribution is 7.89. The second-order valence-electron chi connectivity index (χ2n) is 8.59. The molecule has 2 aromatic carbocycles. The smallest absolute Gasteiger partial charge is 0.255 e. The third-order valence-electron chi connectivity index (χ3n) is 6.11. The van der Waals surface area contributed by atoms with Gasteiger partial charge in [0.05, 0.1) is 7.11 Å². The molecular weight excluding hydrogens is 438 g/mol. The Morgan fingerprint density at radius 1 is 1.15 bits per heavy atom. The molecule has 1 aliphatic heterocycles. The number of ether oxygens (including phenoxy) is 1. The van der Waals surface area contributed by atoms with Crippen LogP contribution in [0.2, 0.25) is 0 Å². The quantitative estimate of drug-likeness (QED) is 0.590. The van der Waals surface area contributed by atoms with E-state index in [-0.39, 0.29) is 22.1 Å². The molecule has 1 saturated heterocycles. The van der Waals surface area contributed by atoms with Crippen LogP contribution in [-0.4, -0.2) is 56.8 Å². The molecule has 1 fully saturated rings. The number of anilines is 1. The number of nitrogens with one attached hydrogen (secondary N) is 1. The minimum Gasteiger partial charge on any atom is -0.495 e. The maximum atomic E-state index is 13.0. The van der Waals surface area contributed by atoms with Gasteiger partial charge in [-0.05, 0) is 61.2 Å². The van der Waals surface area contributed by atoms with Gasteiger partial charge < -0.3 is 10.1 Å². The number of carbonyl (C=O) groups is 1. The van der Waals surface area contributed by atoms with Crippen molar-refractivity contribution >= 4 is 21.6 Å². The molecule has 33 heavy (non-hydrogen) atoms. The molecule has 7 nitrogen and oxygen atoms in total. The standard InChI is InChI=1S/C25H35N3O4S/c1-5-28(6-2)33(30,31)24-16-21(11-14-23(24)32-4)25(29)26-22-12-9-20(10-13-22)18-27-15-7-8-19(3)17-27/h9-14,16,19H,5-8,15,17-18H2,1-4H3,(H,26,29). The molecule has 0 spiro atoms. The average molecular weight is 474 g/mol. The number of hydrogen-bond donors (Lipinski definition) is 1. The summed E-state index contributed by atoms with van der Waals surface area (Å²) < 4.78 is 32.7. The number of piperidine rings is 1. The Bertz CT molecular complexity index is 1050. The van der Waals surface area contributed by atoms with Crippen molar-refractivity contribution in [1.82, 2.24) is 9.21 Å². The van der Waals surface area contributed by atoms with Crippen molar-refractivity contribution in [2.45, 2.75) is 45.1 Å². The fourth-order valence-electron chi connectivity index (χ4n) is 4.31. The maximum Gasteiger partial charge on any atom is 0.255 e. The van der Waals surface area contributed by atoms with Crippen molar-refractivity contribution in [3.63, 3.8) is 0 Å². The highest BCUT2D eigenvalue weighted by Crippen LogP contribution is 2.28. The first-order valence-corrected chi connectivity index (χ1v) is 13.0. The third kappa shape index (κ3) is 6.13. The number of benzene rings is 2. The molecule has 180 valence electrons. The fourth-order valence-corrected chi connectivity index (χ4v) is 5.95. The number of methoxy groups -OCH3 is 1. The molecule has 1 atom stereocenters. The van der Waals surface area contributed by atoms with Crippen molar-refractivity contribution in [1.29, 1.82) is 0 Å². The number of amides is 1. The van der Waals surface area contributed by atoms with E-state index in [1.165, 1.54) is 42.0 Å². The van der Waals surface area contributed by atoms with E-state index in [9.17, 15) is 13.2 Å². The van der Waals surface area contributed by atoms with Gasteiger partial charge in [-0.2, -0.15) is 4.31 Å². The van der Waals surface area contributed by atoms with Gasteiger partial charge in [-0.25, -0.2) is 8.42 Å². The molecule has 1 unspecified atom stereocenters. The summed E-state index contributed by atoms with van der Waals surface area (Å²) in [5.74, 6) is 0.582. The Balaban J connectivity index is 1.73. The van der Waals surface area contributed by atoms with Crippen molar-refractivity contribution in [3.05, 3.63) is 53.6 Å². The molecule has 2 aromatic rings. The molecule has 0 aromatic heterocycles. The molecule has 1 N–H and O–H groups in total. The van der Waals surface area contributed by atoms with Gasteiger partial charge in [-0.3, -0.25) is 9.69 Å². The zero-order chi connectivity index (χ0) is 24.0. The summed E-state index contributed by atoms with van der Waals surface area (Å²) in [4.78, 5) is 15.3. The predicted octanol–water partition coefficient (Wildman–Crippen LogP) is 4.21. The van der Waals surface area contributed by atoms with Gasteiger partial charge in [0, 0.05) is 37.4 Å². The minimum atomic E-state index is -3.77. The van der Waals surface area contributed by atoms with Crippen molar-refractivity contribution < 1.29 is 17.9 Å². The SMILES string of the molecule is CCN(CC)S(=O)(=O)c1cc(C(=O)Nc2ccc(CN3CCCC(C)C3)cc2)ccc1OC. The average Bonchev–Trinajstić information content (AvgIpc) is 2.80. The van der Waals surface area contributed by atoms with E-state index in [4.69, 9.17) is 4.74 Å². The monoisotopic (exact) mass is 473 g/mol. The van der Waals surface area contributed by atoms with Crippen LogP contribution in [0.3, 0.4) is 0 Å². The zero-order valence-electron chi connectivity index (χ0n) is 20.0. The van der Waals surface area contributed by atoms with Crippen molar-refractivity contribution in [3.8, 4) is 5.75 Å². The summed E-state index contributed by atoms with van der Waals surface area (Å²) in [6.07, 6.45) is 2.54. The number of sulfonamides is 1. The van der Waals surface area contributed by atoms with Gasteiger partial charge >= 0.3 is 0 Å². The number of carbonyl (C=O) groups excluding carboxylic acids is 1. The highest BCUT2D eigenvalue weighted by Gasteiger charge is 2.27. The predicted molar refractivity (Wildman–Crippen MR) is 131 cm³/mol. The van der Waals surface area contributed by atoms with E-state index in [2.05, 4.69) is 17.1 Å². The second-order valence-corrected chi connectivity index (χ2v) is 10.5. The number of rotatable bonds is 9. The normalized spacial score (nSPS) is 17.2. The second kappa shape index (κ2) is 11.1. The molecule has 3 rings (SSSR count). The van der Waals surface area contributed by atoms with Crippen LogP contribution in [-0.2, 0) is 16.6 Å². The van der Waals surface area contributed by atoms with Crippen molar-refractivity contribution in [2.75, 3.05) is 38.6 Å².